The fraction of sp³-hybridized carbons (Fsp3) is 0.455. The molecule has 0 amide bonds. The molecule has 1 aliphatic rings. The predicted octanol–water partition coefficient (Wildman–Crippen LogP) is 2.70. The van der Waals surface area contributed by atoms with Crippen LogP contribution in [0.4, 0.5) is 8.78 Å². The highest BCUT2D eigenvalue weighted by atomic mass is 19.3. The van der Waals surface area contributed by atoms with E-state index in [4.69, 9.17) is 5.73 Å². The van der Waals surface area contributed by atoms with E-state index in [9.17, 15) is 8.78 Å². The Morgan fingerprint density at radius 2 is 2.07 bits per heavy atom. The summed E-state index contributed by atoms with van der Waals surface area (Å²) >= 11 is 0. The number of ether oxygens (including phenoxy) is 1. The number of benzene rings is 1. The molecule has 1 aliphatic carbocycles. The Hall–Kier alpha value is -1.16. The predicted molar refractivity (Wildman–Crippen MR) is 52.7 cm³/mol. The second-order valence-electron chi connectivity index (χ2n) is 3.81. The van der Waals surface area contributed by atoms with Gasteiger partial charge in [0.15, 0.2) is 0 Å². The van der Waals surface area contributed by atoms with Crippen LogP contribution in [0.1, 0.15) is 24.4 Å². The minimum atomic E-state index is -2.78. The largest absolute Gasteiger partial charge is 0.435 e. The van der Waals surface area contributed by atoms with Crippen LogP contribution in [0.3, 0.4) is 0 Å². The third-order valence-corrected chi connectivity index (χ3v) is 2.60. The van der Waals surface area contributed by atoms with Gasteiger partial charge in [-0.25, -0.2) is 0 Å². The summed E-state index contributed by atoms with van der Waals surface area (Å²) in [6, 6.07) is 6.59. The lowest BCUT2D eigenvalue weighted by atomic mass is 10.0. The highest BCUT2D eigenvalue weighted by Gasteiger charge is 2.29. The van der Waals surface area contributed by atoms with Gasteiger partial charge in [-0.2, -0.15) is 8.78 Å². The molecular formula is C11H13F2NO. The minimum absolute atomic E-state index is 0.0498. The Morgan fingerprint density at radius 1 is 1.33 bits per heavy atom. The summed E-state index contributed by atoms with van der Waals surface area (Å²) in [5.41, 5.74) is 6.83. The maximum Gasteiger partial charge on any atom is 0.387 e. The van der Waals surface area contributed by atoms with Crippen molar-refractivity contribution in [2.75, 3.05) is 0 Å². The molecule has 0 radical (unpaired) electrons. The minimum Gasteiger partial charge on any atom is -0.435 e. The van der Waals surface area contributed by atoms with Crippen molar-refractivity contribution in [2.45, 2.75) is 25.5 Å². The molecule has 4 heteroatoms. The number of rotatable bonds is 4. The lowest BCUT2D eigenvalue weighted by molar-refractivity contribution is -0.0499. The summed E-state index contributed by atoms with van der Waals surface area (Å²) in [6.07, 6.45) is 2.25. The van der Waals surface area contributed by atoms with Crippen molar-refractivity contribution in [3.05, 3.63) is 29.8 Å². The van der Waals surface area contributed by atoms with Crippen molar-refractivity contribution in [3.63, 3.8) is 0 Å². The van der Waals surface area contributed by atoms with Crippen LogP contribution in [0, 0.1) is 5.92 Å². The van der Waals surface area contributed by atoms with Gasteiger partial charge in [0.2, 0.25) is 0 Å². The molecule has 82 valence electrons. The van der Waals surface area contributed by atoms with E-state index in [1.807, 2.05) is 6.07 Å². The molecule has 1 saturated carbocycles. The summed E-state index contributed by atoms with van der Waals surface area (Å²) in [7, 11) is 0. The van der Waals surface area contributed by atoms with Gasteiger partial charge in [-0.05, 0) is 36.5 Å². The van der Waals surface area contributed by atoms with Gasteiger partial charge in [0.05, 0.1) is 0 Å². The average molecular weight is 213 g/mol. The van der Waals surface area contributed by atoms with Crippen LogP contribution in [0.2, 0.25) is 0 Å². The summed E-state index contributed by atoms with van der Waals surface area (Å²) in [5, 5.41) is 0. The monoisotopic (exact) mass is 213 g/mol. The molecule has 0 saturated heterocycles. The molecule has 2 nitrogen and oxygen atoms in total. The first-order chi connectivity index (χ1) is 7.16. The molecule has 1 atom stereocenters. The number of halogens is 2. The third kappa shape index (κ3) is 2.65. The SMILES string of the molecule is NC(c1cccc(OC(F)F)c1)C1CC1. The van der Waals surface area contributed by atoms with E-state index >= 15 is 0 Å². The molecule has 2 rings (SSSR count). The third-order valence-electron chi connectivity index (χ3n) is 2.60. The Kier molecular flexibility index (Phi) is 2.86. The van der Waals surface area contributed by atoms with Crippen LogP contribution in [-0.4, -0.2) is 6.61 Å². The van der Waals surface area contributed by atoms with Gasteiger partial charge >= 0.3 is 6.61 Å². The van der Waals surface area contributed by atoms with Crippen molar-refractivity contribution >= 4 is 0 Å². The molecule has 0 bridgehead atoms. The number of hydrogen-bond donors (Lipinski definition) is 1. The van der Waals surface area contributed by atoms with Crippen molar-refractivity contribution in [1.29, 1.82) is 0 Å². The van der Waals surface area contributed by atoms with Crippen molar-refractivity contribution in [3.8, 4) is 5.75 Å². The lowest BCUT2D eigenvalue weighted by Gasteiger charge is -2.12. The first kappa shape index (κ1) is 10.4. The van der Waals surface area contributed by atoms with Gasteiger partial charge in [-0.1, -0.05) is 12.1 Å². The molecule has 0 aromatic heterocycles. The van der Waals surface area contributed by atoms with E-state index < -0.39 is 6.61 Å². The van der Waals surface area contributed by atoms with Crippen molar-refractivity contribution in [1.82, 2.24) is 0 Å². The molecule has 0 heterocycles. The van der Waals surface area contributed by atoms with Crippen molar-refractivity contribution in [2.24, 2.45) is 11.7 Å². The summed E-state index contributed by atoms with van der Waals surface area (Å²) in [5.74, 6) is 0.686. The van der Waals surface area contributed by atoms with Gasteiger partial charge in [0.25, 0.3) is 0 Å². The molecule has 15 heavy (non-hydrogen) atoms. The van der Waals surface area contributed by atoms with Gasteiger partial charge in [0.1, 0.15) is 5.75 Å². The second-order valence-corrected chi connectivity index (χ2v) is 3.81. The fourth-order valence-electron chi connectivity index (χ4n) is 1.63. The maximum atomic E-state index is 12.0. The van der Waals surface area contributed by atoms with E-state index in [0.717, 1.165) is 18.4 Å². The molecule has 0 spiro atoms. The van der Waals surface area contributed by atoms with Gasteiger partial charge < -0.3 is 10.5 Å². The fourth-order valence-corrected chi connectivity index (χ4v) is 1.63. The smallest absolute Gasteiger partial charge is 0.387 e. The van der Waals surface area contributed by atoms with Crippen LogP contribution >= 0.6 is 0 Å². The zero-order valence-corrected chi connectivity index (χ0v) is 8.20. The topological polar surface area (TPSA) is 35.2 Å². The molecule has 1 fully saturated rings. The zero-order chi connectivity index (χ0) is 10.8. The van der Waals surface area contributed by atoms with Crippen LogP contribution < -0.4 is 10.5 Å². The van der Waals surface area contributed by atoms with Crippen LogP contribution in [0.15, 0.2) is 24.3 Å². The first-order valence-corrected chi connectivity index (χ1v) is 4.97. The second kappa shape index (κ2) is 4.14. The van der Waals surface area contributed by atoms with Crippen LogP contribution in [0.25, 0.3) is 0 Å². The molecule has 1 unspecified atom stereocenters. The Bertz CT molecular complexity index is 339. The van der Waals surface area contributed by atoms with Gasteiger partial charge in [0, 0.05) is 6.04 Å². The Morgan fingerprint density at radius 3 is 2.67 bits per heavy atom. The van der Waals surface area contributed by atoms with E-state index in [0.29, 0.717) is 5.92 Å². The molecular weight excluding hydrogens is 200 g/mol. The molecule has 0 aliphatic heterocycles. The summed E-state index contributed by atoms with van der Waals surface area (Å²) in [4.78, 5) is 0. The summed E-state index contributed by atoms with van der Waals surface area (Å²) < 4.78 is 28.3. The Balaban J connectivity index is 2.10. The van der Waals surface area contributed by atoms with E-state index in [1.54, 1.807) is 12.1 Å². The van der Waals surface area contributed by atoms with E-state index in [1.165, 1.54) is 6.07 Å². The highest BCUT2D eigenvalue weighted by molar-refractivity contribution is 5.31. The van der Waals surface area contributed by atoms with E-state index in [2.05, 4.69) is 4.74 Å². The maximum absolute atomic E-state index is 12.0. The van der Waals surface area contributed by atoms with Crippen LogP contribution in [-0.2, 0) is 0 Å². The van der Waals surface area contributed by atoms with Gasteiger partial charge in [-0.3, -0.25) is 0 Å². The van der Waals surface area contributed by atoms with Crippen molar-refractivity contribution < 1.29 is 13.5 Å². The Labute approximate surface area is 87.0 Å². The standard InChI is InChI=1S/C11H13F2NO/c12-11(13)15-9-3-1-2-8(6-9)10(14)7-4-5-7/h1-3,6-7,10-11H,4-5,14H2. The quantitative estimate of drug-likeness (QED) is 0.834. The normalized spacial score (nSPS) is 17.9. The molecule has 1 aromatic carbocycles. The average Bonchev–Trinajstić information content (AvgIpc) is 2.99. The lowest BCUT2D eigenvalue weighted by Crippen LogP contribution is -2.12. The van der Waals surface area contributed by atoms with Gasteiger partial charge in [-0.15, -0.1) is 0 Å². The number of alkyl halides is 2. The molecule has 2 N–H and O–H groups in total. The first-order valence-electron chi connectivity index (χ1n) is 4.97. The molecule has 1 aromatic rings. The highest BCUT2D eigenvalue weighted by Crippen LogP contribution is 2.39. The van der Waals surface area contributed by atoms with Crippen LogP contribution in [0.5, 0.6) is 5.75 Å². The van der Waals surface area contributed by atoms with E-state index in [-0.39, 0.29) is 11.8 Å². The summed E-state index contributed by atoms with van der Waals surface area (Å²) in [6.45, 7) is -2.78. The number of nitrogens with two attached hydrogens (primary N) is 1. The number of hydrogen-bond acceptors (Lipinski definition) is 2. The zero-order valence-electron chi connectivity index (χ0n) is 8.20.